The molecule has 2 rings (SSSR count). The predicted molar refractivity (Wildman–Crippen MR) is 76.1 cm³/mol. The third-order valence-corrected chi connectivity index (χ3v) is 3.14. The highest BCUT2D eigenvalue weighted by molar-refractivity contribution is 5.97. The maximum absolute atomic E-state index is 6.18. The number of hydrogen-bond acceptors (Lipinski definition) is 3. The number of nitrogens with two attached hydrogens (primary N) is 1. The number of methoxy groups -OCH3 is 1. The molecule has 0 aliphatic heterocycles. The second-order valence-electron chi connectivity index (χ2n) is 5.66. The molecule has 0 amide bonds. The summed E-state index contributed by atoms with van der Waals surface area (Å²) >= 11 is 0. The summed E-state index contributed by atoms with van der Waals surface area (Å²) in [4.78, 5) is 4.76. The van der Waals surface area contributed by atoms with Gasteiger partial charge in [0, 0.05) is 16.8 Å². The third-order valence-electron chi connectivity index (χ3n) is 3.14. The minimum Gasteiger partial charge on any atom is -0.496 e. The minimum atomic E-state index is -0.0160. The van der Waals surface area contributed by atoms with E-state index in [4.69, 9.17) is 15.5 Å². The zero-order chi connectivity index (χ0) is 13.5. The zero-order valence-corrected chi connectivity index (χ0v) is 11.7. The van der Waals surface area contributed by atoms with Gasteiger partial charge in [-0.05, 0) is 24.6 Å². The number of hydrogen-bond donors (Lipinski definition) is 1. The van der Waals surface area contributed by atoms with Crippen LogP contribution in [0, 0.1) is 6.92 Å². The van der Waals surface area contributed by atoms with Crippen LogP contribution in [0.25, 0.3) is 10.9 Å². The number of ether oxygens (including phenoxy) is 1. The number of rotatable bonds is 1. The van der Waals surface area contributed by atoms with Crippen molar-refractivity contribution in [3.8, 4) is 5.75 Å². The molecule has 0 spiro atoms. The maximum atomic E-state index is 6.18. The van der Waals surface area contributed by atoms with Crippen molar-refractivity contribution in [1.82, 2.24) is 4.98 Å². The van der Waals surface area contributed by atoms with Crippen LogP contribution in [-0.2, 0) is 5.41 Å². The molecule has 2 aromatic rings. The molecule has 0 saturated carbocycles. The van der Waals surface area contributed by atoms with Crippen molar-refractivity contribution >= 4 is 16.6 Å². The molecule has 0 fully saturated rings. The molecule has 1 heterocycles. The van der Waals surface area contributed by atoms with Crippen LogP contribution in [0.3, 0.4) is 0 Å². The van der Waals surface area contributed by atoms with Crippen LogP contribution in [0.1, 0.15) is 32.0 Å². The molecule has 0 unspecified atom stereocenters. The second-order valence-corrected chi connectivity index (χ2v) is 5.66. The van der Waals surface area contributed by atoms with Crippen molar-refractivity contribution in [1.29, 1.82) is 0 Å². The Morgan fingerprint density at radius 3 is 2.44 bits per heavy atom. The van der Waals surface area contributed by atoms with Crippen molar-refractivity contribution in [3.63, 3.8) is 0 Å². The highest BCUT2D eigenvalue weighted by Crippen LogP contribution is 2.34. The smallest absolute Gasteiger partial charge is 0.130 e. The van der Waals surface area contributed by atoms with Gasteiger partial charge in [-0.25, -0.2) is 0 Å². The summed E-state index contributed by atoms with van der Waals surface area (Å²) in [6, 6.07) is 5.90. The summed E-state index contributed by atoms with van der Waals surface area (Å²) in [5.74, 6) is 0.779. The molecule has 3 nitrogen and oxygen atoms in total. The Hall–Kier alpha value is -1.77. The molecule has 2 N–H and O–H groups in total. The first-order valence-electron chi connectivity index (χ1n) is 6.09. The van der Waals surface area contributed by atoms with Crippen molar-refractivity contribution in [2.75, 3.05) is 12.8 Å². The molecular formula is C15H20N2O. The fourth-order valence-electron chi connectivity index (χ4n) is 2.03. The number of aryl methyl sites for hydroxylation is 1. The number of benzene rings is 1. The minimum absolute atomic E-state index is 0.0160. The molecule has 1 aromatic heterocycles. The average Bonchev–Trinajstić information content (AvgIpc) is 2.29. The lowest BCUT2D eigenvalue weighted by Crippen LogP contribution is -2.14. The number of pyridine rings is 1. The third kappa shape index (κ3) is 2.01. The van der Waals surface area contributed by atoms with E-state index in [1.807, 2.05) is 25.1 Å². The van der Waals surface area contributed by atoms with E-state index in [1.165, 1.54) is 0 Å². The Balaban J connectivity index is 2.85. The Morgan fingerprint density at radius 1 is 1.22 bits per heavy atom. The molecule has 1 aromatic carbocycles. The van der Waals surface area contributed by atoms with Crippen molar-refractivity contribution in [2.45, 2.75) is 33.1 Å². The molecule has 3 heteroatoms. The standard InChI is InChI=1S/C15H20N2O/c1-9-6-7-11(18-5)13-10(16)8-12(15(2,3)4)17-14(9)13/h6-8H,1-5H3,(H2,16,17). The average molecular weight is 244 g/mol. The first kappa shape index (κ1) is 12.7. The Kier molecular flexibility index (Phi) is 2.93. The zero-order valence-electron chi connectivity index (χ0n) is 11.7. The lowest BCUT2D eigenvalue weighted by atomic mass is 9.90. The summed E-state index contributed by atoms with van der Waals surface area (Å²) in [5, 5.41) is 0.908. The Bertz CT molecular complexity index is 597. The quantitative estimate of drug-likeness (QED) is 0.836. The van der Waals surface area contributed by atoms with Gasteiger partial charge >= 0.3 is 0 Å². The molecule has 0 atom stereocenters. The van der Waals surface area contributed by atoms with Gasteiger partial charge in [0.2, 0.25) is 0 Å². The SMILES string of the molecule is COc1ccc(C)c2nc(C(C)(C)C)cc(N)c12. The van der Waals surface area contributed by atoms with Crippen LogP contribution in [0.15, 0.2) is 18.2 Å². The summed E-state index contributed by atoms with van der Waals surface area (Å²) in [5.41, 5.74) is 9.94. The van der Waals surface area contributed by atoms with Gasteiger partial charge in [-0.3, -0.25) is 4.98 Å². The van der Waals surface area contributed by atoms with Gasteiger partial charge in [0.25, 0.3) is 0 Å². The number of aromatic nitrogens is 1. The first-order chi connectivity index (χ1) is 8.34. The lowest BCUT2D eigenvalue weighted by molar-refractivity contribution is 0.419. The Morgan fingerprint density at radius 2 is 1.89 bits per heavy atom. The van der Waals surface area contributed by atoms with Gasteiger partial charge in [0.15, 0.2) is 0 Å². The number of nitrogen functional groups attached to an aromatic ring is 1. The molecule has 0 aliphatic carbocycles. The summed E-state index contributed by atoms with van der Waals surface area (Å²) in [6.45, 7) is 8.45. The monoisotopic (exact) mass is 244 g/mol. The van der Waals surface area contributed by atoms with Crippen LogP contribution in [0.4, 0.5) is 5.69 Å². The summed E-state index contributed by atoms with van der Waals surface area (Å²) < 4.78 is 5.37. The molecule has 0 radical (unpaired) electrons. The number of fused-ring (bicyclic) bond motifs is 1. The predicted octanol–water partition coefficient (Wildman–Crippen LogP) is 3.43. The van der Waals surface area contributed by atoms with E-state index >= 15 is 0 Å². The van der Waals surface area contributed by atoms with E-state index in [-0.39, 0.29) is 5.41 Å². The number of anilines is 1. The second kappa shape index (κ2) is 4.16. The molecular weight excluding hydrogens is 224 g/mol. The van der Waals surface area contributed by atoms with E-state index in [1.54, 1.807) is 7.11 Å². The normalized spacial score (nSPS) is 11.8. The van der Waals surface area contributed by atoms with Gasteiger partial charge < -0.3 is 10.5 Å². The van der Waals surface area contributed by atoms with Gasteiger partial charge in [0.1, 0.15) is 5.75 Å². The van der Waals surface area contributed by atoms with Crippen molar-refractivity contribution in [2.24, 2.45) is 0 Å². The fraction of sp³-hybridized carbons (Fsp3) is 0.400. The summed E-state index contributed by atoms with van der Waals surface area (Å²) in [6.07, 6.45) is 0. The van der Waals surface area contributed by atoms with Crippen molar-refractivity contribution in [3.05, 3.63) is 29.5 Å². The van der Waals surface area contributed by atoms with Crippen LogP contribution in [-0.4, -0.2) is 12.1 Å². The first-order valence-corrected chi connectivity index (χ1v) is 6.09. The fourth-order valence-corrected chi connectivity index (χ4v) is 2.03. The van der Waals surface area contributed by atoms with E-state index in [0.29, 0.717) is 0 Å². The van der Waals surface area contributed by atoms with Crippen molar-refractivity contribution < 1.29 is 4.74 Å². The van der Waals surface area contributed by atoms with Crippen LogP contribution in [0.5, 0.6) is 5.75 Å². The molecule has 0 bridgehead atoms. The van der Waals surface area contributed by atoms with Gasteiger partial charge in [-0.1, -0.05) is 26.8 Å². The highest BCUT2D eigenvalue weighted by Gasteiger charge is 2.19. The molecule has 96 valence electrons. The topological polar surface area (TPSA) is 48.1 Å². The van der Waals surface area contributed by atoms with Crippen LogP contribution in [0.2, 0.25) is 0 Å². The summed E-state index contributed by atoms with van der Waals surface area (Å²) in [7, 11) is 1.65. The number of nitrogens with zero attached hydrogens (tertiary/aromatic N) is 1. The molecule has 0 saturated heterocycles. The molecule has 0 aliphatic rings. The van der Waals surface area contributed by atoms with Gasteiger partial charge in [-0.2, -0.15) is 0 Å². The highest BCUT2D eigenvalue weighted by atomic mass is 16.5. The van der Waals surface area contributed by atoms with E-state index in [2.05, 4.69) is 20.8 Å². The van der Waals surface area contributed by atoms with Gasteiger partial charge in [0.05, 0.1) is 18.0 Å². The van der Waals surface area contributed by atoms with E-state index in [0.717, 1.165) is 33.6 Å². The molecule has 18 heavy (non-hydrogen) atoms. The van der Waals surface area contributed by atoms with E-state index < -0.39 is 0 Å². The van der Waals surface area contributed by atoms with Crippen LogP contribution >= 0.6 is 0 Å². The van der Waals surface area contributed by atoms with Crippen LogP contribution < -0.4 is 10.5 Å². The van der Waals surface area contributed by atoms with Gasteiger partial charge in [-0.15, -0.1) is 0 Å². The Labute approximate surface area is 108 Å². The lowest BCUT2D eigenvalue weighted by Gasteiger charge is -2.20. The largest absolute Gasteiger partial charge is 0.496 e. The van der Waals surface area contributed by atoms with E-state index in [9.17, 15) is 0 Å². The maximum Gasteiger partial charge on any atom is 0.130 e.